The highest BCUT2D eigenvalue weighted by molar-refractivity contribution is 5.81. The van der Waals surface area contributed by atoms with Gasteiger partial charge >= 0.3 is 11.6 Å². The van der Waals surface area contributed by atoms with E-state index >= 15 is 0 Å². The van der Waals surface area contributed by atoms with Crippen LogP contribution in [0.3, 0.4) is 0 Å². The molecule has 2 heterocycles. The van der Waals surface area contributed by atoms with E-state index < -0.39 is 17.6 Å². The van der Waals surface area contributed by atoms with Gasteiger partial charge in [-0.25, -0.2) is 14.3 Å². The van der Waals surface area contributed by atoms with Gasteiger partial charge in [0, 0.05) is 23.4 Å². The lowest BCUT2D eigenvalue weighted by molar-refractivity contribution is -0.149. The summed E-state index contributed by atoms with van der Waals surface area (Å²) in [6, 6.07) is 15.9. The van der Waals surface area contributed by atoms with E-state index in [0.29, 0.717) is 17.6 Å². The van der Waals surface area contributed by atoms with Crippen molar-refractivity contribution in [3.63, 3.8) is 0 Å². The molecule has 4 aromatic rings. The van der Waals surface area contributed by atoms with Gasteiger partial charge in [0.15, 0.2) is 6.04 Å². The van der Waals surface area contributed by atoms with Crippen LogP contribution in [0.1, 0.15) is 29.7 Å². The Bertz CT molecular complexity index is 1200. The van der Waals surface area contributed by atoms with Crippen molar-refractivity contribution >= 4 is 16.9 Å². The van der Waals surface area contributed by atoms with Gasteiger partial charge in [0.25, 0.3) is 0 Å². The molecule has 0 saturated heterocycles. The van der Waals surface area contributed by atoms with Gasteiger partial charge in [-0.3, -0.25) is 0 Å². The Kier molecular flexibility index (Phi) is 5.65. The minimum absolute atomic E-state index is 0.0557. The highest BCUT2D eigenvalue weighted by Gasteiger charge is 2.24. The molecule has 0 N–H and O–H groups in total. The zero-order chi connectivity index (χ0) is 20.9. The van der Waals surface area contributed by atoms with Crippen LogP contribution in [0, 0.1) is 0 Å². The molecule has 2 aromatic carbocycles. The smallest absolute Gasteiger partial charge is 0.336 e. The molecule has 0 unspecified atom stereocenters. The van der Waals surface area contributed by atoms with Crippen molar-refractivity contribution in [2.24, 2.45) is 0 Å². The maximum atomic E-state index is 12.9. The van der Waals surface area contributed by atoms with Crippen molar-refractivity contribution < 1.29 is 13.9 Å². The van der Waals surface area contributed by atoms with E-state index in [1.54, 1.807) is 0 Å². The standard InChI is InChI=1S/C22H20N4O4/c1-2-15-8-9-18-17(12-21(27)30-20(18)11-15)13-29-22(28)19(26-14-23-24-25-26)10-16-6-4-3-5-7-16/h3-9,11-12,14,19H,2,10,13H2,1H3/t19-/m0/s1. The second kappa shape index (κ2) is 8.69. The van der Waals surface area contributed by atoms with E-state index in [4.69, 9.17) is 9.15 Å². The van der Waals surface area contributed by atoms with E-state index in [1.165, 1.54) is 17.1 Å². The van der Waals surface area contributed by atoms with Gasteiger partial charge < -0.3 is 9.15 Å². The lowest BCUT2D eigenvalue weighted by Gasteiger charge is -2.16. The van der Waals surface area contributed by atoms with Gasteiger partial charge in [0.1, 0.15) is 18.5 Å². The third-order valence-corrected chi connectivity index (χ3v) is 4.90. The molecule has 8 nitrogen and oxygen atoms in total. The van der Waals surface area contributed by atoms with Crippen LogP contribution in [0.15, 0.2) is 70.1 Å². The summed E-state index contributed by atoms with van der Waals surface area (Å²) in [6.07, 6.45) is 2.59. The van der Waals surface area contributed by atoms with E-state index in [1.807, 2.05) is 55.5 Å². The number of aryl methyl sites for hydroxylation is 1. The number of carbonyl (C=O) groups is 1. The highest BCUT2D eigenvalue weighted by Crippen LogP contribution is 2.21. The number of tetrazole rings is 1. The molecule has 8 heteroatoms. The summed E-state index contributed by atoms with van der Waals surface area (Å²) in [5.74, 6) is -0.488. The van der Waals surface area contributed by atoms with Gasteiger partial charge in [-0.1, -0.05) is 49.4 Å². The van der Waals surface area contributed by atoms with E-state index in [2.05, 4.69) is 15.5 Å². The van der Waals surface area contributed by atoms with Crippen molar-refractivity contribution in [2.75, 3.05) is 0 Å². The number of esters is 1. The summed E-state index contributed by atoms with van der Waals surface area (Å²) < 4.78 is 12.3. The van der Waals surface area contributed by atoms with Crippen LogP contribution < -0.4 is 5.63 Å². The Hall–Kier alpha value is -3.81. The number of aromatic nitrogens is 4. The second-order valence-corrected chi connectivity index (χ2v) is 6.88. The maximum Gasteiger partial charge on any atom is 0.336 e. The number of fused-ring (bicyclic) bond motifs is 1. The van der Waals surface area contributed by atoms with Crippen LogP contribution in [-0.2, 0) is 29.0 Å². The molecule has 1 atom stereocenters. The molecule has 0 aliphatic carbocycles. The summed E-state index contributed by atoms with van der Waals surface area (Å²) in [5, 5.41) is 11.8. The third-order valence-electron chi connectivity index (χ3n) is 4.90. The number of hydrogen-bond donors (Lipinski definition) is 0. The fraction of sp³-hybridized carbons (Fsp3) is 0.227. The molecular formula is C22H20N4O4. The number of nitrogens with zero attached hydrogens (tertiary/aromatic N) is 4. The highest BCUT2D eigenvalue weighted by atomic mass is 16.5. The summed E-state index contributed by atoms with van der Waals surface area (Å²) in [5.41, 5.74) is 2.60. The first kappa shape index (κ1) is 19.5. The van der Waals surface area contributed by atoms with Crippen LogP contribution in [0.4, 0.5) is 0 Å². The molecule has 0 spiro atoms. The van der Waals surface area contributed by atoms with Crippen molar-refractivity contribution in [1.82, 2.24) is 20.2 Å². The Balaban J connectivity index is 1.57. The number of carbonyl (C=O) groups excluding carboxylic acids is 1. The number of ether oxygens (including phenoxy) is 1. The summed E-state index contributed by atoms with van der Waals surface area (Å²) in [7, 11) is 0. The lowest BCUT2D eigenvalue weighted by atomic mass is 10.1. The number of hydrogen-bond acceptors (Lipinski definition) is 7. The van der Waals surface area contributed by atoms with Gasteiger partial charge in [0.2, 0.25) is 0 Å². The SMILES string of the molecule is CCc1ccc2c(COC(=O)[C@H](Cc3ccccc3)n3cnnn3)cc(=O)oc2c1. The first-order valence-electron chi connectivity index (χ1n) is 9.62. The molecule has 0 bridgehead atoms. The zero-order valence-corrected chi connectivity index (χ0v) is 16.4. The van der Waals surface area contributed by atoms with Crippen molar-refractivity contribution in [3.05, 3.63) is 88.0 Å². The van der Waals surface area contributed by atoms with Crippen molar-refractivity contribution in [3.8, 4) is 0 Å². The van der Waals surface area contributed by atoms with Crippen molar-refractivity contribution in [1.29, 1.82) is 0 Å². The molecule has 152 valence electrons. The third kappa shape index (κ3) is 4.27. The molecule has 0 amide bonds. The monoisotopic (exact) mass is 404 g/mol. The Morgan fingerprint density at radius 1 is 1.13 bits per heavy atom. The van der Waals surface area contributed by atoms with Gasteiger partial charge in [0.05, 0.1) is 0 Å². The zero-order valence-electron chi connectivity index (χ0n) is 16.4. The second-order valence-electron chi connectivity index (χ2n) is 6.88. The summed E-state index contributed by atoms with van der Waals surface area (Å²) >= 11 is 0. The fourth-order valence-electron chi connectivity index (χ4n) is 3.29. The van der Waals surface area contributed by atoms with Crippen LogP contribution in [0.2, 0.25) is 0 Å². The largest absolute Gasteiger partial charge is 0.459 e. The molecule has 0 aliphatic rings. The maximum absolute atomic E-state index is 12.9. The average Bonchev–Trinajstić information content (AvgIpc) is 3.30. The van der Waals surface area contributed by atoms with Gasteiger partial charge in [-0.15, -0.1) is 5.10 Å². The molecule has 0 saturated carbocycles. The molecule has 0 fully saturated rings. The van der Waals surface area contributed by atoms with E-state index in [9.17, 15) is 9.59 Å². The van der Waals surface area contributed by atoms with Crippen LogP contribution in [0.25, 0.3) is 11.0 Å². The van der Waals surface area contributed by atoms with Gasteiger partial charge in [-0.05, 0) is 34.0 Å². The lowest BCUT2D eigenvalue weighted by Crippen LogP contribution is -2.25. The van der Waals surface area contributed by atoms with Crippen LogP contribution >= 0.6 is 0 Å². The normalized spacial score (nSPS) is 12.0. The topological polar surface area (TPSA) is 100 Å². The number of rotatable bonds is 7. The predicted octanol–water partition coefficient (Wildman–Crippen LogP) is 2.87. The first-order valence-corrected chi connectivity index (χ1v) is 9.62. The summed E-state index contributed by atoms with van der Waals surface area (Å²) in [6.45, 7) is 1.97. The Morgan fingerprint density at radius 3 is 2.70 bits per heavy atom. The minimum Gasteiger partial charge on any atom is -0.459 e. The van der Waals surface area contributed by atoms with Gasteiger partial charge in [-0.2, -0.15) is 0 Å². The van der Waals surface area contributed by atoms with Crippen molar-refractivity contribution in [2.45, 2.75) is 32.4 Å². The average molecular weight is 404 g/mol. The number of benzene rings is 2. The molecule has 30 heavy (non-hydrogen) atoms. The quantitative estimate of drug-likeness (QED) is 0.345. The predicted molar refractivity (Wildman–Crippen MR) is 109 cm³/mol. The molecule has 2 aromatic heterocycles. The Morgan fingerprint density at radius 2 is 1.97 bits per heavy atom. The fourth-order valence-corrected chi connectivity index (χ4v) is 3.29. The molecule has 0 radical (unpaired) electrons. The molecular weight excluding hydrogens is 384 g/mol. The molecule has 4 rings (SSSR count). The van der Waals surface area contributed by atoms with E-state index in [-0.39, 0.29) is 6.61 Å². The first-order chi connectivity index (χ1) is 14.6. The van der Waals surface area contributed by atoms with E-state index in [0.717, 1.165) is 22.9 Å². The minimum atomic E-state index is -0.722. The summed E-state index contributed by atoms with van der Waals surface area (Å²) in [4.78, 5) is 24.9. The van der Waals surface area contributed by atoms with Crippen LogP contribution in [-0.4, -0.2) is 26.2 Å². The van der Waals surface area contributed by atoms with Crippen LogP contribution in [0.5, 0.6) is 0 Å². The Labute approximate surface area is 172 Å². The molecule has 0 aliphatic heterocycles.